The smallest absolute Gasteiger partial charge is 0.344 e. The summed E-state index contributed by atoms with van der Waals surface area (Å²) in [7, 11) is -2.34. The van der Waals surface area contributed by atoms with Crippen LogP contribution in [0.2, 0.25) is 0 Å². The lowest BCUT2D eigenvalue weighted by Crippen LogP contribution is -2.29. The Morgan fingerprint density at radius 1 is 1.60 bits per heavy atom. The predicted octanol–water partition coefficient (Wildman–Crippen LogP) is 0.0845. The number of esters is 1. The van der Waals surface area contributed by atoms with E-state index in [-0.39, 0.29) is 17.9 Å². The van der Waals surface area contributed by atoms with Gasteiger partial charge in [-0.25, -0.2) is 4.79 Å². The van der Waals surface area contributed by atoms with Gasteiger partial charge < -0.3 is 4.74 Å². The first kappa shape index (κ1) is 11.7. The number of ether oxygens (including phenoxy) is 1. The molecule has 0 spiro atoms. The van der Waals surface area contributed by atoms with Crippen molar-refractivity contribution in [2.75, 3.05) is 13.7 Å². The molecule has 7 heteroatoms. The van der Waals surface area contributed by atoms with Crippen molar-refractivity contribution < 1.29 is 17.9 Å². The Kier molecular flexibility index (Phi) is 3.13. The average Bonchev–Trinajstić information content (AvgIpc) is 2.11. The molecule has 0 saturated heterocycles. The summed E-state index contributed by atoms with van der Waals surface area (Å²) < 4.78 is 31.6. The zero-order chi connectivity index (χ0) is 11.6. The van der Waals surface area contributed by atoms with Crippen LogP contribution in [0.3, 0.4) is 0 Å². The Morgan fingerprint density at radius 3 is 2.73 bits per heavy atom. The number of nitrogens with zero attached hydrogens (tertiary/aromatic N) is 2. The van der Waals surface area contributed by atoms with Crippen LogP contribution in [-0.2, 0) is 19.7 Å². The van der Waals surface area contributed by atoms with Gasteiger partial charge in [-0.2, -0.15) is 8.42 Å². The number of rotatable bonds is 2. The fourth-order valence-electron chi connectivity index (χ4n) is 1.04. The van der Waals surface area contributed by atoms with E-state index in [1.165, 1.54) is 20.2 Å². The Bertz CT molecular complexity index is 436. The molecule has 0 aliphatic carbocycles. The molecule has 0 aromatic heterocycles. The molecule has 0 unspecified atom stereocenters. The van der Waals surface area contributed by atoms with Crippen LogP contribution in [0, 0.1) is 0 Å². The van der Waals surface area contributed by atoms with E-state index < -0.39 is 16.2 Å². The molecule has 6 nitrogen and oxygen atoms in total. The van der Waals surface area contributed by atoms with Gasteiger partial charge in [0.2, 0.25) is 0 Å². The summed E-state index contributed by atoms with van der Waals surface area (Å²) in [6.45, 7) is 3.36. The third kappa shape index (κ3) is 2.35. The maximum Gasteiger partial charge on any atom is 0.344 e. The fraction of sp³-hybridized carbons (Fsp3) is 0.500. The highest BCUT2D eigenvalue weighted by Gasteiger charge is 2.25. The van der Waals surface area contributed by atoms with Crippen LogP contribution in [0.4, 0.5) is 0 Å². The molecule has 0 N–H and O–H groups in total. The van der Waals surface area contributed by atoms with E-state index in [9.17, 15) is 13.2 Å². The second kappa shape index (κ2) is 4.01. The van der Waals surface area contributed by atoms with Gasteiger partial charge in [-0.15, -0.1) is 4.40 Å². The van der Waals surface area contributed by atoms with E-state index in [4.69, 9.17) is 4.74 Å². The number of hydrogen-bond donors (Lipinski definition) is 0. The van der Waals surface area contributed by atoms with Crippen molar-refractivity contribution in [3.05, 3.63) is 11.8 Å². The number of hydrogen-bond acceptors (Lipinski definition) is 4. The van der Waals surface area contributed by atoms with Gasteiger partial charge in [-0.05, 0) is 13.8 Å². The quantitative estimate of drug-likeness (QED) is 0.632. The van der Waals surface area contributed by atoms with Crippen LogP contribution in [0.5, 0.6) is 0 Å². The van der Waals surface area contributed by atoms with Gasteiger partial charge in [0.15, 0.2) is 0 Å². The summed E-state index contributed by atoms with van der Waals surface area (Å²) in [6.07, 6.45) is 1.20. The SMILES string of the molecule is CCOC(=O)C1=CN(C)S(=O)(=O)N=C1C. The van der Waals surface area contributed by atoms with Crippen molar-refractivity contribution in [2.45, 2.75) is 13.8 Å². The zero-order valence-corrected chi connectivity index (χ0v) is 9.54. The average molecular weight is 232 g/mol. The molecular formula is C8H12N2O4S. The molecule has 0 atom stereocenters. The maximum atomic E-state index is 11.4. The normalized spacial score (nSPS) is 19.3. The lowest BCUT2D eigenvalue weighted by atomic mass is 10.2. The molecule has 1 aliphatic heterocycles. The topological polar surface area (TPSA) is 76.0 Å². The largest absolute Gasteiger partial charge is 0.462 e. The molecule has 84 valence electrons. The first-order valence-electron chi connectivity index (χ1n) is 4.32. The molecule has 0 amide bonds. The third-order valence-corrected chi connectivity index (χ3v) is 3.15. The van der Waals surface area contributed by atoms with Crippen molar-refractivity contribution in [1.29, 1.82) is 0 Å². The van der Waals surface area contributed by atoms with Gasteiger partial charge in [0.05, 0.1) is 17.9 Å². The summed E-state index contributed by atoms with van der Waals surface area (Å²) in [6, 6.07) is 0. The van der Waals surface area contributed by atoms with Gasteiger partial charge in [-0.1, -0.05) is 0 Å². The molecular weight excluding hydrogens is 220 g/mol. The van der Waals surface area contributed by atoms with Gasteiger partial charge in [0, 0.05) is 13.2 Å². The van der Waals surface area contributed by atoms with E-state index >= 15 is 0 Å². The summed E-state index contributed by atoms with van der Waals surface area (Å²) in [5.41, 5.74) is 0.306. The van der Waals surface area contributed by atoms with Crippen LogP contribution in [0.1, 0.15) is 13.8 Å². The summed E-state index contributed by atoms with van der Waals surface area (Å²) in [5, 5.41) is 0. The van der Waals surface area contributed by atoms with Gasteiger partial charge in [0.25, 0.3) is 0 Å². The Hall–Kier alpha value is -1.37. The second-order valence-electron chi connectivity index (χ2n) is 2.93. The molecule has 0 radical (unpaired) electrons. The van der Waals surface area contributed by atoms with Gasteiger partial charge in [-0.3, -0.25) is 4.31 Å². The van der Waals surface area contributed by atoms with Crippen LogP contribution in [0.25, 0.3) is 0 Å². The fourth-order valence-corrected chi connectivity index (χ4v) is 1.85. The minimum absolute atomic E-state index is 0.145. The zero-order valence-electron chi connectivity index (χ0n) is 8.72. The first-order valence-corrected chi connectivity index (χ1v) is 5.72. The molecule has 0 saturated carbocycles. The lowest BCUT2D eigenvalue weighted by Gasteiger charge is -2.18. The molecule has 1 rings (SSSR count). The van der Waals surface area contributed by atoms with Gasteiger partial charge in [0.1, 0.15) is 0 Å². The van der Waals surface area contributed by atoms with Crippen LogP contribution in [-0.4, -0.2) is 38.1 Å². The van der Waals surface area contributed by atoms with E-state index in [1.54, 1.807) is 6.92 Å². The van der Waals surface area contributed by atoms with Crippen molar-refractivity contribution in [1.82, 2.24) is 4.31 Å². The van der Waals surface area contributed by atoms with Crippen molar-refractivity contribution in [3.63, 3.8) is 0 Å². The highest BCUT2D eigenvalue weighted by molar-refractivity contribution is 7.88. The first-order chi connectivity index (χ1) is 6.88. The Morgan fingerprint density at radius 2 is 2.20 bits per heavy atom. The monoisotopic (exact) mass is 232 g/mol. The standard InChI is InChI=1S/C8H12N2O4S/c1-4-14-8(11)7-5-10(3)15(12,13)9-6(7)2/h5H,4H2,1-3H3. The highest BCUT2D eigenvalue weighted by Crippen LogP contribution is 2.15. The summed E-state index contributed by atoms with van der Waals surface area (Å²) in [4.78, 5) is 11.4. The van der Waals surface area contributed by atoms with Crippen molar-refractivity contribution in [2.24, 2.45) is 4.40 Å². The summed E-state index contributed by atoms with van der Waals surface area (Å²) >= 11 is 0. The molecule has 0 bridgehead atoms. The second-order valence-corrected chi connectivity index (χ2v) is 4.59. The minimum Gasteiger partial charge on any atom is -0.462 e. The predicted molar refractivity (Wildman–Crippen MR) is 54.5 cm³/mol. The van der Waals surface area contributed by atoms with Gasteiger partial charge >= 0.3 is 16.2 Å². The van der Waals surface area contributed by atoms with E-state index in [0.29, 0.717) is 0 Å². The molecule has 1 aliphatic rings. The van der Waals surface area contributed by atoms with Crippen molar-refractivity contribution >= 4 is 21.9 Å². The maximum absolute atomic E-state index is 11.4. The van der Waals surface area contributed by atoms with E-state index in [0.717, 1.165) is 4.31 Å². The number of carbonyl (C=O) groups is 1. The lowest BCUT2D eigenvalue weighted by molar-refractivity contribution is -0.137. The molecule has 0 aromatic rings. The Labute approximate surface area is 88.4 Å². The van der Waals surface area contributed by atoms with E-state index in [2.05, 4.69) is 4.40 Å². The van der Waals surface area contributed by atoms with Crippen LogP contribution < -0.4 is 0 Å². The van der Waals surface area contributed by atoms with Crippen LogP contribution >= 0.6 is 0 Å². The van der Waals surface area contributed by atoms with E-state index in [1.807, 2.05) is 0 Å². The molecule has 15 heavy (non-hydrogen) atoms. The summed E-state index contributed by atoms with van der Waals surface area (Å²) in [5.74, 6) is -0.569. The van der Waals surface area contributed by atoms with Crippen LogP contribution in [0.15, 0.2) is 16.2 Å². The third-order valence-electron chi connectivity index (χ3n) is 1.81. The molecule has 0 aromatic carbocycles. The molecule has 1 heterocycles. The molecule has 0 fully saturated rings. The highest BCUT2D eigenvalue weighted by atomic mass is 32.2. The van der Waals surface area contributed by atoms with Crippen molar-refractivity contribution in [3.8, 4) is 0 Å². The Balaban J connectivity index is 3.05. The number of carbonyl (C=O) groups excluding carboxylic acids is 1. The minimum atomic E-state index is -3.65.